The molecule has 0 saturated carbocycles. The van der Waals surface area contributed by atoms with E-state index >= 15 is 0 Å². The monoisotopic (exact) mass is 254 g/mol. The fraction of sp³-hybridized carbons (Fsp3) is 0.727. The zero-order valence-corrected chi connectivity index (χ0v) is 10.8. The number of hydrogen-bond donors (Lipinski definition) is 1. The molecule has 2 rings (SSSR count). The molecule has 0 amide bonds. The molecule has 1 fully saturated rings. The topological polar surface area (TPSA) is 84.4 Å². The summed E-state index contributed by atoms with van der Waals surface area (Å²) in [6.07, 6.45) is 0.223. The van der Waals surface area contributed by atoms with Crippen molar-refractivity contribution in [1.82, 2.24) is 9.78 Å². The van der Waals surface area contributed by atoms with Gasteiger partial charge in [0.25, 0.3) is 0 Å². The molecule has 0 unspecified atom stereocenters. The van der Waals surface area contributed by atoms with Gasteiger partial charge in [0, 0.05) is 26.1 Å². The largest absolute Gasteiger partial charge is 0.391 e. The van der Waals surface area contributed by atoms with Crippen LogP contribution in [0.1, 0.15) is 31.9 Å². The quantitative estimate of drug-likeness (QED) is 0.643. The van der Waals surface area contributed by atoms with Crippen molar-refractivity contribution < 1.29 is 10.0 Å². The molecule has 0 radical (unpaired) electrons. The van der Waals surface area contributed by atoms with Crippen LogP contribution in [-0.4, -0.2) is 39.0 Å². The maximum Gasteiger partial charge on any atom is 0.334 e. The van der Waals surface area contributed by atoms with Gasteiger partial charge in [0.2, 0.25) is 5.82 Å². The fourth-order valence-corrected chi connectivity index (χ4v) is 2.38. The molecule has 1 N–H and O–H groups in total. The van der Waals surface area contributed by atoms with E-state index in [1.165, 1.54) is 0 Å². The zero-order chi connectivity index (χ0) is 13.4. The molecule has 1 aromatic heterocycles. The van der Waals surface area contributed by atoms with Crippen LogP contribution in [0.2, 0.25) is 0 Å². The molecule has 18 heavy (non-hydrogen) atoms. The summed E-state index contributed by atoms with van der Waals surface area (Å²) in [6, 6.07) is 0. The molecule has 1 atom stereocenters. The van der Waals surface area contributed by atoms with Gasteiger partial charge in [0.15, 0.2) is 0 Å². The van der Waals surface area contributed by atoms with Gasteiger partial charge in [-0.05, 0) is 6.42 Å². The first kappa shape index (κ1) is 12.8. The highest BCUT2D eigenvalue weighted by molar-refractivity contribution is 5.62. The van der Waals surface area contributed by atoms with Crippen LogP contribution >= 0.6 is 0 Å². The third-order valence-corrected chi connectivity index (χ3v) is 3.21. The second kappa shape index (κ2) is 4.56. The predicted molar refractivity (Wildman–Crippen MR) is 66.8 cm³/mol. The van der Waals surface area contributed by atoms with E-state index in [1.807, 2.05) is 18.7 Å². The summed E-state index contributed by atoms with van der Waals surface area (Å²) in [7, 11) is 1.71. The Balaban J connectivity index is 2.49. The third-order valence-electron chi connectivity index (χ3n) is 3.21. The number of aliphatic hydroxyl groups excluding tert-OH is 1. The Hall–Kier alpha value is -1.63. The first-order valence-corrected chi connectivity index (χ1v) is 6.06. The van der Waals surface area contributed by atoms with Gasteiger partial charge in [-0.2, -0.15) is 5.10 Å². The van der Waals surface area contributed by atoms with Crippen LogP contribution in [-0.2, 0) is 7.05 Å². The van der Waals surface area contributed by atoms with E-state index in [0.29, 0.717) is 31.0 Å². The van der Waals surface area contributed by atoms with E-state index in [-0.39, 0.29) is 16.5 Å². The Labute approximate surface area is 105 Å². The van der Waals surface area contributed by atoms with Crippen LogP contribution < -0.4 is 4.90 Å². The van der Waals surface area contributed by atoms with Crippen molar-refractivity contribution >= 4 is 11.5 Å². The summed E-state index contributed by atoms with van der Waals surface area (Å²) >= 11 is 0. The number of hydrogen-bond acceptors (Lipinski definition) is 5. The van der Waals surface area contributed by atoms with Crippen LogP contribution in [0.3, 0.4) is 0 Å². The number of aromatic nitrogens is 2. The van der Waals surface area contributed by atoms with Gasteiger partial charge < -0.3 is 10.0 Å². The van der Waals surface area contributed by atoms with Crippen molar-refractivity contribution in [2.45, 2.75) is 32.3 Å². The van der Waals surface area contributed by atoms with Crippen molar-refractivity contribution in [3.63, 3.8) is 0 Å². The molecule has 1 aliphatic heterocycles. The average Bonchev–Trinajstić information content (AvgIpc) is 2.81. The highest BCUT2D eigenvalue weighted by Gasteiger charge is 2.34. The first-order chi connectivity index (χ1) is 8.41. The minimum Gasteiger partial charge on any atom is -0.391 e. The number of nitro groups is 1. The fourth-order valence-electron chi connectivity index (χ4n) is 2.38. The average molecular weight is 254 g/mol. The van der Waals surface area contributed by atoms with Gasteiger partial charge in [-0.3, -0.25) is 10.1 Å². The maximum absolute atomic E-state index is 11.3. The van der Waals surface area contributed by atoms with E-state index in [9.17, 15) is 15.2 Å². The first-order valence-electron chi connectivity index (χ1n) is 6.06. The summed E-state index contributed by atoms with van der Waals surface area (Å²) in [4.78, 5) is 12.7. The molecule has 0 aromatic carbocycles. The lowest BCUT2D eigenvalue weighted by molar-refractivity contribution is -0.385. The van der Waals surface area contributed by atoms with E-state index in [1.54, 1.807) is 11.7 Å². The maximum atomic E-state index is 11.3. The van der Waals surface area contributed by atoms with Crippen molar-refractivity contribution in [2.24, 2.45) is 7.05 Å². The number of β-amino-alcohol motifs (C(OH)–C–C–N with tert-alkyl or cyclic N) is 1. The molecular weight excluding hydrogens is 236 g/mol. The van der Waals surface area contributed by atoms with Gasteiger partial charge in [0.1, 0.15) is 5.69 Å². The van der Waals surface area contributed by atoms with Crippen LogP contribution in [0, 0.1) is 10.1 Å². The van der Waals surface area contributed by atoms with Gasteiger partial charge in [0.05, 0.1) is 11.0 Å². The standard InChI is InChI=1S/C11H18N4O3/c1-7(2)9-10(15(17)18)11(13(3)12-9)14-5-4-8(16)6-14/h7-8,16H,4-6H2,1-3H3/t8-/m1/s1. The minimum absolute atomic E-state index is 0.00197. The van der Waals surface area contributed by atoms with E-state index in [2.05, 4.69) is 5.10 Å². The normalized spacial score (nSPS) is 19.8. The molecule has 1 aromatic rings. The van der Waals surface area contributed by atoms with E-state index < -0.39 is 6.10 Å². The second-order valence-electron chi connectivity index (χ2n) is 4.98. The number of rotatable bonds is 3. The second-order valence-corrected chi connectivity index (χ2v) is 4.98. The SMILES string of the molecule is CC(C)c1nn(C)c(N2CC[C@@H](O)C2)c1[N+](=O)[O-]. The molecule has 100 valence electrons. The van der Waals surface area contributed by atoms with E-state index in [0.717, 1.165) is 0 Å². The summed E-state index contributed by atoms with van der Waals surface area (Å²) in [5, 5.41) is 25.1. The summed E-state index contributed by atoms with van der Waals surface area (Å²) in [6.45, 7) is 4.83. The van der Waals surface area contributed by atoms with Crippen LogP contribution in [0.5, 0.6) is 0 Å². The van der Waals surface area contributed by atoms with Gasteiger partial charge >= 0.3 is 5.69 Å². The molecule has 0 aliphatic carbocycles. The van der Waals surface area contributed by atoms with Gasteiger partial charge in [-0.25, -0.2) is 4.68 Å². The molecule has 1 saturated heterocycles. The highest BCUT2D eigenvalue weighted by atomic mass is 16.6. The highest BCUT2D eigenvalue weighted by Crippen LogP contribution is 2.36. The smallest absolute Gasteiger partial charge is 0.334 e. The molecular formula is C11H18N4O3. The van der Waals surface area contributed by atoms with E-state index in [4.69, 9.17) is 0 Å². The summed E-state index contributed by atoms with van der Waals surface area (Å²) < 4.78 is 1.55. The minimum atomic E-state index is -0.415. The molecule has 7 heteroatoms. The third kappa shape index (κ3) is 2.05. The predicted octanol–water partition coefficient (Wildman–Crippen LogP) is 1.02. The number of aliphatic hydroxyl groups is 1. The molecule has 1 aliphatic rings. The van der Waals surface area contributed by atoms with Gasteiger partial charge in [-0.15, -0.1) is 0 Å². The lowest BCUT2D eigenvalue weighted by Crippen LogP contribution is -2.24. The van der Waals surface area contributed by atoms with Crippen molar-refractivity contribution in [3.8, 4) is 0 Å². The van der Waals surface area contributed by atoms with Crippen LogP contribution in [0.25, 0.3) is 0 Å². The van der Waals surface area contributed by atoms with Crippen LogP contribution in [0.15, 0.2) is 0 Å². The van der Waals surface area contributed by atoms with Crippen LogP contribution in [0.4, 0.5) is 11.5 Å². The van der Waals surface area contributed by atoms with Gasteiger partial charge in [-0.1, -0.05) is 13.8 Å². The number of aryl methyl sites for hydroxylation is 1. The number of nitrogens with zero attached hydrogens (tertiary/aromatic N) is 4. The Morgan fingerprint density at radius 1 is 1.56 bits per heavy atom. The van der Waals surface area contributed by atoms with Crippen molar-refractivity contribution in [1.29, 1.82) is 0 Å². The van der Waals surface area contributed by atoms with Crippen molar-refractivity contribution in [3.05, 3.63) is 15.8 Å². The Kier molecular flexibility index (Phi) is 3.25. The Bertz CT molecular complexity index is 469. The molecule has 0 spiro atoms. The lowest BCUT2D eigenvalue weighted by Gasteiger charge is -2.16. The Morgan fingerprint density at radius 2 is 2.22 bits per heavy atom. The van der Waals surface area contributed by atoms with Crippen molar-refractivity contribution in [2.75, 3.05) is 18.0 Å². The molecule has 2 heterocycles. The summed E-state index contributed by atoms with van der Waals surface area (Å²) in [5.41, 5.74) is 0.570. The number of anilines is 1. The Morgan fingerprint density at radius 3 is 2.67 bits per heavy atom. The molecule has 7 nitrogen and oxygen atoms in total. The summed E-state index contributed by atoms with van der Waals surface area (Å²) in [5.74, 6) is 0.498. The lowest BCUT2D eigenvalue weighted by atomic mass is 10.1. The zero-order valence-electron chi connectivity index (χ0n) is 10.8. The molecule has 0 bridgehead atoms.